The summed E-state index contributed by atoms with van der Waals surface area (Å²) in [5.74, 6) is 0.579. The van der Waals surface area contributed by atoms with E-state index in [0.717, 1.165) is 21.5 Å². The monoisotopic (exact) mass is 353 g/mol. The van der Waals surface area contributed by atoms with Gasteiger partial charge in [0.05, 0.1) is 11.3 Å². The maximum Gasteiger partial charge on any atom is 0.153 e. The van der Waals surface area contributed by atoms with Gasteiger partial charge in [0, 0.05) is 15.3 Å². The molecular weight excluding hydrogens is 338 g/mol. The van der Waals surface area contributed by atoms with E-state index < -0.39 is 0 Å². The predicted molar refractivity (Wildman–Crippen MR) is 84.7 cm³/mol. The molecule has 0 amide bonds. The maximum absolute atomic E-state index is 11.0. The first-order valence-electron chi connectivity index (χ1n) is 6.22. The molecule has 20 heavy (non-hydrogen) atoms. The van der Waals surface area contributed by atoms with E-state index in [1.54, 1.807) is 23.5 Å². The van der Waals surface area contributed by atoms with Crippen LogP contribution in [-0.2, 0) is 12.0 Å². The zero-order valence-corrected chi connectivity index (χ0v) is 14.0. The molecule has 0 saturated heterocycles. The van der Waals surface area contributed by atoms with Gasteiger partial charge in [-0.1, -0.05) is 36.7 Å². The Morgan fingerprint density at radius 1 is 1.40 bits per heavy atom. The summed E-state index contributed by atoms with van der Waals surface area (Å²) < 4.78 is 6.55. The van der Waals surface area contributed by atoms with Gasteiger partial charge in [-0.05, 0) is 18.2 Å². The van der Waals surface area contributed by atoms with Gasteiger partial charge in [0.2, 0.25) is 0 Å². The summed E-state index contributed by atoms with van der Waals surface area (Å²) in [6.07, 6.45) is 0.794. The van der Waals surface area contributed by atoms with Crippen LogP contribution in [0.25, 0.3) is 0 Å². The van der Waals surface area contributed by atoms with Gasteiger partial charge in [0.15, 0.2) is 6.29 Å². The molecule has 0 saturated carbocycles. The summed E-state index contributed by atoms with van der Waals surface area (Å²) in [7, 11) is 0. The van der Waals surface area contributed by atoms with E-state index in [1.165, 1.54) is 0 Å². The van der Waals surface area contributed by atoms with E-state index in [-0.39, 0.29) is 5.41 Å². The number of carbonyl (C=O) groups is 1. The third-order valence-corrected chi connectivity index (χ3v) is 4.09. The van der Waals surface area contributed by atoms with Crippen molar-refractivity contribution in [2.75, 3.05) is 0 Å². The Balaban J connectivity index is 2.09. The van der Waals surface area contributed by atoms with E-state index >= 15 is 0 Å². The van der Waals surface area contributed by atoms with E-state index in [4.69, 9.17) is 4.74 Å². The van der Waals surface area contributed by atoms with Crippen LogP contribution in [-0.4, -0.2) is 11.3 Å². The molecule has 106 valence electrons. The zero-order valence-electron chi connectivity index (χ0n) is 11.6. The summed E-state index contributed by atoms with van der Waals surface area (Å²) in [5.41, 5.74) is 1.64. The second-order valence-corrected chi connectivity index (χ2v) is 7.32. The molecule has 5 heteroatoms. The van der Waals surface area contributed by atoms with Crippen LogP contribution in [0.3, 0.4) is 0 Å². The van der Waals surface area contributed by atoms with Gasteiger partial charge in [-0.3, -0.25) is 4.79 Å². The lowest BCUT2D eigenvalue weighted by Crippen LogP contribution is -2.11. The lowest BCUT2D eigenvalue weighted by Gasteiger charge is -2.14. The Labute approximate surface area is 131 Å². The first-order valence-corrected chi connectivity index (χ1v) is 7.90. The quantitative estimate of drug-likeness (QED) is 0.754. The standard InChI is InChI=1S/C15H16BrNO2S/c1-15(2,3)13-9-20-14(17-13)8-19-12-5-4-11(16)6-10(12)7-18/h4-7,9H,8H2,1-3H3. The van der Waals surface area contributed by atoms with Crippen LogP contribution in [0.15, 0.2) is 28.1 Å². The second kappa shape index (κ2) is 6.06. The Morgan fingerprint density at radius 2 is 2.15 bits per heavy atom. The number of hydrogen-bond acceptors (Lipinski definition) is 4. The highest BCUT2D eigenvalue weighted by Crippen LogP contribution is 2.26. The van der Waals surface area contributed by atoms with Crippen molar-refractivity contribution in [3.63, 3.8) is 0 Å². The van der Waals surface area contributed by atoms with Crippen molar-refractivity contribution in [1.82, 2.24) is 4.98 Å². The van der Waals surface area contributed by atoms with Gasteiger partial charge < -0.3 is 4.74 Å². The van der Waals surface area contributed by atoms with Crippen molar-refractivity contribution in [3.05, 3.63) is 44.3 Å². The Morgan fingerprint density at radius 3 is 2.75 bits per heavy atom. The largest absolute Gasteiger partial charge is 0.486 e. The average molecular weight is 354 g/mol. The van der Waals surface area contributed by atoms with Crippen LogP contribution < -0.4 is 4.74 Å². The molecule has 3 nitrogen and oxygen atoms in total. The molecule has 0 aliphatic carbocycles. The van der Waals surface area contributed by atoms with E-state index in [0.29, 0.717) is 17.9 Å². The van der Waals surface area contributed by atoms with E-state index in [2.05, 4.69) is 47.1 Å². The van der Waals surface area contributed by atoms with Crippen molar-refractivity contribution in [2.24, 2.45) is 0 Å². The van der Waals surface area contributed by atoms with Gasteiger partial charge in [0.1, 0.15) is 17.4 Å². The van der Waals surface area contributed by atoms with E-state index in [1.807, 2.05) is 6.07 Å². The molecule has 0 radical (unpaired) electrons. The topological polar surface area (TPSA) is 39.2 Å². The third kappa shape index (κ3) is 3.67. The summed E-state index contributed by atoms with van der Waals surface area (Å²) in [6, 6.07) is 5.38. The third-order valence-electron chi connectivity index (χ3n) is 2.77. The first kappa shape index (κ1) is 15.2. The van der Waals surface area contributed by atoms with Crippen LogP contribution in [0.5, 0.6) is 5.75 Å². The van der Waals surface area contributed by atoms with Crippen molar-refractivity contribution in [1.29, 1.82) is 0 Å². The molecule has 0 bridgehead atoms. The number of halogens is 1. The summed E-state index contributed by atoms with van der Waals surface area (Å²) >= 11 is 4.91. The van der Waals surface area contributed by atoms with Gasteiger partial charge >= 0.3 is 0 Å². The summed E-state index contributed by atoms with van der Waals surface area (Å²) in [5, 5.41) is 2.97. The highest BCUT2D eigenvalue weighted by Gasteiger charge is 2.17. The van der Waals surface area contributed by atoms with Gasteiger partial charge in [-0.25, -0.2) is 4.98 Å². The Bertz CT molecular complexity index is 617. The number of rotatable bonds is 4. The normalized spacial score (nSPS) is 11.4. The number of aromatic nitrogens is 1. The van der Waals surface area contributed by atoms with Crippen LogP contribution in [0.2, 0.25) is 0 Å². The van der Waals surface area contributed by atoms with Gasteiger partial charge in [0.25, 0.3) is 0 Å². The highest BCUT2D eigenvalue weighted by atomic mass is 79.9. The lowest BCUT2D eigenvalue weighted by molar-refractivity contribution is 0.111. The fourth-order valence-corrected chi connectivity index (χ4v) is 2.91. The van der Waals surface area contributed by atoms with Crippen LogP contribution in [0, 0.1) is 0 Å². The van der Waals surface area contributed by atoms with Crippen molar-refractivity contribution < 1.29 is 9.53 Å². The van der Waals surface area contributed by atoms with Crippen LogP contribution in [0.4, 0.5) is 0 Å². The molecule has 0 atom stereocenters. The summed E-state index contributed by atoms with van der Waals surface area (Å²) in [6.45, 7) is 6.77. The molecule has 0 fully saturated rings. The fraction of sp³-hybridized carbons (Fsp3) is 0.333. The molecular formula is C15H16BrNO2S. The zero-order chi connectivity index (χ0) is 14.8. The van der Waals surface area contributed by atoms with Crippen molar-refractivity contribution in [3.8, 4) is 5.75 Å². The molecule has 0 aliphatic rings. The first-order chi connectivity index (χ1) is 9.40. The number of aldehydes is 1. The number of carbonyl (C=O) groups excluding carboxylic acids is 1. The molecule has 0 unspecified atom stereocenters. The van der Waals surface area contributed by atoms with E-state index in [9.17, 15) is 4.79 Å². The average Bonchev–Trinajstić information content (AvgIpc) is 2.86. The molecule has 2 rings (SSSR count). The number of benzene rings is 1. The minimum atomic E-state index is 0.0420. The minimum absolute atomic E-state index is 0.0420. The second-order valence-electron chi connectivity index (χ2n) is 5.47. The number of nitrogens with zero attached hydrogens (tertiary/aromatic N) is 1. The maximum atomic E-state index is 11.0. The van der Waals surface area contributed by atoms with Crippen LogP contribution >= 0.6 is 27.3 Å². The molecule has 1 heterocycles. The SMILES string of the molecule is CC(C)(C)c1csc(COc2ccc(Br)cc2C=O)n1. The smallest absolute Gasteiger partial charge is 0.153 e. The number of hydrogen-bond donors (Lipinski definition) is 0. The molecule has 1 aromatic heterocycles. The minimum Gasteiger partial charge on any atom is -0.486 e. The molecule has 0 aliphatic heterocycles. The molecule has 0 N–H and O–H groups in total. The molecule has 0 spiro atoms. The fourth-order valence-electron chi connectivity index (χ4n) is 1.60. The molecule has 2 aromatic rings. The predicted octanol–water partition coefficient (Wildman–Crippen LogP) is 4.59. The van der Waals surface area contributed by atoms with Gasteiger partial charge in [-0.2, -0.15) is 0 Å². The van der Waals surface area contributed by atoms with Crippen molar-refractivity contribution in [2.45, 2.75) is 32.8 Å². The Hall–Kier alpha value is -1.20. The molecule has 1 aromatic carbocycles. The Kier molecular flexibility index (Phi) is 4.60. The number of ether oxygens (including phenoxy) is 1. The highest BCUT2D eigenvalue weighted by molar-refractivity contribution is 9.10. The lowest BCUT2D eigenvalue weighted by atomic mass is 9.93. The van der Waals surface area contributed by atoms with Crippen molar-refractivity contribution >= 4 is 33.6 Å². The summed E-state index contributed by atoms with van der Waals surface area (Å²) in [4.78, 5) is 15.6. The number of thiazole rings is 1. The van der Waals surface area contributed by atoms with Gasteiger partial charge in [-0.15, -0.1) is 11.3 Å². The van der Waals surface area contributed by atoms with Crippen LogP contribution in [0.1, 0.15) is 41.8 Å².